The van der Waals surface area contributed by atoms with Crippen molar-refractivity contribution in [1.82, 2.24) is 4.98 Å². The lowest BCUT2D eigenvalue weighted by molar-refractivity contribution is 0.415. The minimum Gasteiger partial charge on any atom is -0.497 e. The Balaban J connectivity index is 0.00000180. The van der Waals surface area contributed by atoms with Crippen molar-refractivity contribution in [2.75, 3.05) is 7.11 Å². The van der Waals surface area contributed by atoms with Gasteiger partial charge in [-0.3, -0.25) is 0 Å². The maximum absolute atomic E-state index is 6.28. The number of H-pyrrole nitrogens is 1. The van der Waals surface area contributed by atoms with Crippen LogP contribution in [0.15, 0.2) is 24.4 Å². The van der Waals surface area contributed by atoms with E-state index in [1.165, 1.54) is 10.9 Å². The van der Waals surface area contributed by atoms with Gasteiger partial charge in [0.15, 0.2) is 0 Å². The Morgan fingerprint density at radius 3 is 2.63 bits per heavy atom. The van der Waals surface area contributed by atoms with Gasteiger partial charge in [-0.05, 0) is 42.5 Å². The highest BCUT2D eigenvalue weighted by molar-refractivity contribution is 5.85. The van der Waals surface area contributed by atoms with Gasteiger partial charge in [-0.25, -0.2) is 0 Å². The zero-order valence-electron chi connectivity index (χ0n) is 11.8. The third kappa shape index (κ3) is 3.64. The van der Waals surface area contributed by atoms with Crippen molar-refractivity contribution >= 4 is 23.3 Å². The number of fused-ring (bicyclic) bond motifs is 1. The number of ether oxygens (including phenoxy) is 1. The number of benzene rings is 1. The van der Waals surface area contributed by atoms with Crippen LogP contribution in [0, 0.1) is 5.92 Å². The summed E-state index contributed by atoms with van der Waals surface area (Å²) in [6.45, 7) is 4.45. The topological polar surface area (TPSA) is 51.0 Å². The standard InChI is InChI=1S/C15H22N2O.ClH/c1-10(2)4-6-14(16)13-9-17-15-7-5-11(18-3)8-12(13)15;/h5,7-10,14,17H,4,6,16H2,1-3H3;1H/t14-;/m0./s1. The van der Waals surface area contributed by atoms with Crippen LogP contribution >= 0.6 is 12.4 Å². The fourth-order valence-corrected chi connectivity index (χ4v) is 2.22. The zero-order chi connectivity index (χ0) is 13.1. The highest BCUT2D eigenvalue weighted by Gasteiger charge is 2.12. The van der Waals surface area contributed by atoms with Crippen LogP contribution in [-0.2, 0) is 0 Å². The molecule has 0 aliphatic carbocycles. The van der Waals surface area contributed by atoms with Gasteiger partial charge < -0.3 is 15.5 Å². The van der Waals surface area contributed by atoms with E-state index < -0.39 is 0 Å². The van der Waals surface area contributed by atoms with E-state index in [-0.39, 0.29) is 18.4 Å². The predicted molar refractivity (Wildman–Crippen MR) is 83.1 cm³/mol. The Hall–Kier alpha value is -1.19. The predicted octanol–water partition coefficient (Wildman–Crippen LogP) is 4.03. The summed E-state index contributed by atoms with van der Waals surface area (Å²) in [6.07, 6.45) is 4.19. The molecule has 3 nitrogen and oxygen atoms in total. The maximum atomic E-state index is 6.28. The molecule has 106 valence electrons. The molecule has 0 unspecified atom stereocenters. The van der Waals surface area contributed by atoms with E-state index in [4.69, 9.17) is 10.5 Å². The van der Waals surface area contributed by atoms with Crippen LogP contribution in [0.5, 0.6) is 5.75 Å². The number of nitrogens with one attached hydrogen (secondary N) is 1. The van der Waals surface area contributed by atoms with E-state index in [0.717, 1.165) is 24.1 Å². The summed E-state index contributed by atoms with van der Waals surface area (Å²) in [5, 5.41) is 1.17. The number of hydrogen-bond acceptors (Lipinski definition) is 2. The lowest BCUT2D eigenvalue weighted by Crippen LogP contribution is -2.10. The highest BCUT2D eigenvalue weighted by Crippen LogP contribution is 2.29. The molecule has 0 fully saturated rings. The first-order valence-electron chi connectivity index (χ1n) is 6.52. The second kappa shape index (κ2) is 6.83. The minimum atomic E-state index is 0. The van der Waals surface area contributed by atoms with Gasteiger partial charge in [-0.1, -0.05) is 13.8 Å². The van der Waals surface area contributed by atoms with Gasteiger partial charge in [0.1, 0.15) is 5.75 Å². The highest BCUT2D eigenvalue weighted by atomic mass is 35.5. The first kappa shape index (κ1) is 15.9. The van der Waals surface area contributed by atoms with Crippen molar-refractivity contribution in [3.63, 3.8) is 0 Å². The summed E-state index contributed by atoms with van der Waals surface area (Å²) < 4.78 is 5.27. The Kier molecular flexibility index (Phi) is 5.70. The average molecular weight is 283 g/mol. The number of aromatic amines is 1. The molecule has 2 aromatic rings. The summed E-state index contributed by atoms with van der Waals surface area (Å²) >= 11 is 0. The number of methoxy groups -OCH3 is 1. The molecule has 0 aliphatic rings. The number of nitrogens with two attached hydrogens (primary N) is 1. The van der Waals surface area contributed by atoms with E-state index in [2.05, 4.69) is 24.9 Å². The number of rotatable bonds is 5. The maximum Gasteiger partial charge on any atom is 0.119 e. The van der Waals surface area contributed by atoms with Crippen LogP contribution in [0.2, 0.25) is 0 Å². The minimum absolute atomic E-state index is 0. The van der Waals surface area contributed by atoms with Gasteiger partial charge in [-0.15, -0.1) is 12.4 Å². The van der Waals surface area contributed by atoms with Gasteiger partial charge in [0, 0.05) is 23.1 Å². The van der Waals surface area contributed by atoms with Crippen LogP contribution in [-0.4, -0.2) is 12.1 Å². The molecule has 0 spiro atoms. The molecule has 0 aliphatic heterocycles. The van der Waals surface area contributed by atoms with Crippen LogP contribution < -0.4 is 10.5 Å². The van der Waals surface area contributed by atoms with Crippen molar-refractivity contribution in [2.24, 2.45) is 11.7 Å². The fraction of sp³-hybridized carbons (Fsp3) is 0.467. The Labute approximate surface area is 120 Å². The zero-order valence-corrected chi connectivity index (χ0v) is 12.6. The van der Waals surface area contributed by atoms with E-state index in [1.54, 1.807) is 7.11 Å². The average Bonchev–Trinajstić information content (AvgIpc) is 2.78. The van der Waals surface area contributed by atoms with E-state index in [0.29, 0.717) is 5.92 Å². The van der Waals surface area contributed by atoms with Crippen LogP contribution in [0.4, 0.5) is 0 Å². The van der Waals surface area contributed by atoms with E-state index in [9.17, 15) is 0 Å². The van der Waals surface area contributed by atoms with Gasteiger partial charge >= 0.3 is 0 Å². The van der Waals surface area contributed by atoms with Gasteiger partial charge in [0.2, 0.25) is 0 Å². The van der Waals surface area contributed by atoms with Crippen LogP contribution in [0.3, 0.4) is 0 Å². The first-order valence-corrected chi connectivity index (χ1v) is 6.52. The molecule has 1 aromatic heterocycles. The fourth-order valence-electron chi connectivity index (χ4n) is 2.22. The molecular formula is C15H23ClN2O. The van der Waals surface area contributed by atoms with Crippen molar-refractivity contribution in [3.8, 4) is 5.75 Å². The van der Waals surface area contributed by atoms with Gasteiger partial charge in [-0.2, -0.15) is 0 Å². The van der Waals surface area contributed by atoms with Crippen LogP contribution in [0.25, 0.3) is 10.9 Å². The van der Waals surface area contributed by atoms with Crippen molar-refractivity contribution < 1.29 is 4.74 Å². The SMILES string of the molecule is COc1ccc2[nH]cc([C@@H](N)CCC(C)C)c2c1.Cl. The second-order valence-electron chi connectivity index (χ2n) is 5.23. The summed E-state index contributed by atoms with van der Waals surface area (Å²) in [4.78, 5) is 3.27. The largest absolute Gasteiger partial charge is 0.497 e. The molecular weight excluding hydrogens is 260 g/mol. The molecule has 1 aromatic carbocycles. The summed E-state index contributed by atoms with van der Waals surface area (Å²) in [5.41, 5.74) is 8.59. The normalized spacial score (nSPS) is 12.5. The molecule has 0 saturated carbocycles. The molecule has 0 amide bonds. The third-order valence-electron chi connectivity index (χ3n) is 3.38. The van der Waals surface area contributed by atoms with E-state index in [1.807, 2.05) is 18.3 Å². The molecule has 3 N–H and O–H groups in total. The molecule has 1 heterocycles. The van der Waals surface area contributed by atoms with Gasteiger partial charge in [0.25, 0.3) is 0 Å². The molecule has 0 saturated heterocycles. The molecule has 0 bridgehead atoms. The quantitative estimate of drug-likeness (QED) is 0.870. The Morgan fingerprint density at radius 1 is 1.26 bits per heavy atom. The smallest absolute Gasteiger partial charge is 0.119 e. The molecule has 4 heteroatoms. The van der Waals surface area contributed by atoms with Crippen molar-refractivity contribution in [2.45, 2.75) is 32.7 Å². The van der Waals surface area contributed by atoms with Crippen LogP contribution in [0.1, 0.15) is 38.3 Å². The number of halogens is 1. The van der Waals surface area contributed by atoms with Crippen molar-refractivity contribution in [1.29, 1.82) is 0 Å². The summed E-state index contributed by atoms with van der Waals surface area (Å²) in [6, 6.07) is 6.14. The van der Waals surface area contributed by atoms with Crippen molar-refractivity contribution in [3.05, 3.63) is 30.0 Å². The molecule has 19 heavy (non-hydrogen) atoms. The summed E-state index contributed by atoms with van der Waals surface area (Å²) in [5.74, 6) is 1.57. The summed E-state index contributed by atoms with van der Waals surface area (Å²) in [7, 11) is 1.69. The lowest BCUT2D eigenvalue weighted by Gasteiger charge is -2.12. The first-order chi connectivity index (χ1) is 8.61. The molecule has 0 radical (unpaired) electrons. The number of hydrogen-bond donors (Lipinski definition) is 2. The number of aromatic nitrogens is 1. The van der Waals surface area contributed by atoms with E-state index >= 15 is 0 Å². The monoisotopic (exact) mass is 282 g/mol. The van der Waals surface area contributed by atoms with Gasteiger partial charge in [0.05, 0.1) is 7.11 Å². The molecule has 2 rings (SSSR count). The third-order valence-corrected chi connectivity index (χ3v) is 3.38. The Morgan fingerprint density at radius 2 is 2.00 bits per heavy atom. The lowest BCUT2D eigenvalue weighted by atomic mass is 9.98. The second-order valence-corrected chi connectivity index (χ2v) is 5.23. The molecule has 1 atom stereocenters. The Bertz CT molecular complexity index is 522.